The van der Waals surface area contributed by atoms with Gasteiger partial charge in [-0.05, 0) is 37.6 Å². The van der Waals surface area contributed by atoms with E-state index in [1.165, 1.54) is 17.7 Å². The van der Waals surface area contributed by atoms with E-state index in [-0.39, 0.29) is 0 Å². The molecule has 0 bridgehead atoms. The third-order valence-electron chi connectivity index (χ3n) is 2.74. The Labute approximate surface area is 103 Å². The molecule has 1 heterocycles. The van der Waals surface area contributed by atoms with Gasteiger partial charge in [0.25, 0.3) is 0 Å². The highest BCUT2D eigenvalue weighted by Crippen LogP contribution is 2.24. The molecular formula is C13H23NOS. The molecule has 2 unspecified atom stereocenters. The third kappa shape index (κ3) is 4.64. The minimum absolute atomic E-state index is 0.295. The van der Waals surface area contributed by atoms with Crippen LogP contribution in [0.1, 0.15) is 50.4 Å². The fraction of sp³-hybridized carbons (Fsp3) is 0.692. The zero-order valence-corrected chi connectivity index (χ0v) is 11.1. The van der Waals surface area contributed by atoms with E-state index < -0.39 is 0 Å². The van der Waals surface area contributed by atoms with Gasteiger partial charge in [-0.25, -0.2) is 0 Å². The van der Waals surface area contributed by atoms with E-state index in [1.54, 1.807) is 0 Å². The number of nitrogens with one attached hydrogen (secondary N) is 1. The first-order chi connectivity index (χ1) is 7.77. The van der Waals surface area contributed by atoms with Crippen molar-refractivity contribution in [2.75, 3.05) is 6.61 Å². The van der Waals surface area contributed by atoms with Crippen molar-refractivity contribution < 1.29 is 5.11 Å². The maximum absolute atomic E-state index is 8.81. The van der Waals surface area contributed by atoms with Crippen LogP contribution in [0.2, 0.25) is 0 Å². The Balaban J connectivity index is 2.45. The number of hydrogen-bond donors (Lipinski definition) is 2. The number of rotatable bonds is 8. The maximum Gasteiger partial charge on any atom is 0.0431 e. The molecule has 2 N–H and O–H groups in total. The summed E-state index contributed by atoms with van der Waals surface area (Å²) in [4.78, 5) is 1.43. The fourth-order valence-electron chi connectivity index (χ4n) is 1.91. The monoisotopic (exact) mass is 241 g/mol. The lowest BCUT2D eigenvalue weighted by molar-refractivity contribution is 0.273. The maximum atomic E-state index is 8.81. The van der Waals surface area contributed by atoms with Gasteiger partial charge in [-0.1, -0.05) is 19.4 Å². The molecule has 1 aromatic heterocycles. The van der Waals surface area contributed by atoms with E-state index in [0.29, 0.717) is 18.7 Å². The molecule has 92 valence electrons. The van der Waals surface area contributed by atoms with Gasteiger partial charge < -0.3 is 10.4 Å². The molecule has 1 aromatic rings. The minimum Gasteiger partial charge on any atom is -0.396 e. The van der Waals surface area contributed by atoms with Crippen molar-refractivity contribution >= 4 is 11.3 Å². The molecule has 0 aliphatic rings. The predicted octanol–water partition coefficient (Wildman–Crippen LogP) is 3.34. The van der Waals surface area contributed by atoms with E-state index in [2.05, 4.69) is 36.7 Å². The van der Waals surface area contributed by atoms with Crippen LogP contribution < -0.4 is 5.32 Å². The quantitative estimate of drug-likeness (QED) is 0.731. The average molecular weight is 241 g/mol. The summed E-state index contributed by atoms with van der Waals surface area (Å²) in [6, 6.07) is 5.28. The smallest absolute Gasteiger partial charge is 0.0431 e. The summed E-state index contributed by atoms with van der Waals surface area (Å²) >= 11 is 1.82. The van der Waals surface area contributed by atoms with Gasteiger partial charge in [0.1, 0.15) is 0 Å². The Hall–Kier alpha value is -0.380. The van der Waals surface area contributed by atoms with E-state index in [4.69, 9.17) is 5.11 Å². The molecule has 0 fully saturated rings. The molecule has 1 rings (SSSR count). The van der Waals surface area contributed by atoms with Crippen LogP contribution in [0.5, 0.6) is 0 Å². The summed E-state index contributed by atoms with van der Waals surface area (Å²) in [6.07, 6.45) is 4.31. The van der Waals surface area contributed by atoms with Crippen molar-refractivity contribution in [3.8, 4) is 0 Å². The zero-order valence-electron chi connectivity index (χ0n) is 10.3. The second-order valence-corrected chi connectivity index (χ2v) is 5.27. The molecule has 3 heteroatoms. The van der Waals surface area contributed by atoms with Crippen LogP contribution in [0.25, 0.3) is 0 Å². The van der Waals surface area contributed by atoms with Gasteiger partial charge in [-0.2, -0.15) is 0 Å². The van der Waals surface area contributed by atoms with Crippen LogP contribution in [0.15, 0.2) is 17.5 Å². The van der Waals surface area contributed by atoms with Gasteiger partial charge in [0.05, 0.1) is 0 Å². The molecule has 0 aromatic carbocycles. The van der Waals surface area contributed by atoms with Crippen molar-refractivity contribution in [2.24, 2.45) is 0 Å². The molecule has 0 aliphatic heterocycles. The lowest BCUT2D eigenvalue weighted by atomic mass is 10.1. The molecule has 0 saturated carbocycles. The largest absolute Gasteiger partial charge is 0.396 e. The number of thiophene rings is 1. The Morgan fingerprint density at radius 3 is 2.81 bits per heavy atom. The van der Waals surface area contributed by atoms with Gasteiger partial charge in [-0.3, -0.25) is 0 Å². The highest BCUT2D eigenvalue weighted by molar-refractivity contribution is 7.10. The molecule has 0 saturated heterocycles. The van der Waals surface area contributed by atoms with Gasteiger partial charge in [0.15, 0.2) is 0 Å². The summed E-state index contributed by atoms with van der Waals surface area (Å²) in [5.74, 6) is 0. The Bertz CT molecular complexity index is 261. The first-order valence-electron chi connectivity index (χ1n) is 6.18. The van der Waals surface area contributed by atoms with Crippen molar-refractivity contribution in [3.05, 3.63) is 22.4 Å². The summed E-state index contributed by atoms with van der Waals surface area (Å²) in [7, 11) is 0. The third-order valence-corrected chi connectivity index (χ3v) is 3.73. The zero-order chi connectivity index (χ0) is 11.8. The topological polar surface area (TPSA) is 32.3 Å². The van der Waals surface area contributed by atoms with Crippen LogP contribution in [-0.4, -0.2) is 17.8 Å². The second kappa shape index (κ2) is 7.82. The van der Waals surface area contributed by atoms with E-state index >= 15 is 0 Å². The van der Waals surface area contributed by atoms with E-state index in [9.17, 15) is 0 Å². The predicted molar refractivity (Wildman–Crippen MR) is 70.9 cm³/mol. The second-order valence-electron chi connectivity index (χ2n) is 4.29. The Morgan fingerprint density at radius 2 is 2.25 bits per heavy atom. The van der Waals surface area contributed by atoms with Crippen molar-refractivity contribution in [3.63, 3.8) is 0 Å². The minimum atomic E-state index is 0.295. The summed E-state index contributed by atoms with van der Waals surface area (Å²) < 4.78 is 0. The van der Waals surface area contributed by atoms with Gasteiger partial charge in [0.2, 0.25) is 0 Å². The van der Waals surface area contributed by atoms with Gasteiger partial charge in [-0.15, -0.1) is 11.3 Å². The molecule has 0 radical (unpaired) electrons. The van der Waals surface area contributed by atoms with Crippen molar-refractivity contribution in [1.29, 1.82) is 0 Å². The first-order valence-corrected chi connectivity index (χ1v) is 7.06. The summed E-state index contributed by atoms with van der Waals surface area (Å²) in [5, 5.41) is 14.6. The number of hydrogen-bond acceptors (Lipinski definition) is 3. The molecule has 0 amide bonds. The highest BCUT2D eigenvalue weighted by atomic mass is 32.1. The standard InChI is InChI=1S/C13H23NOS/c1-3-6-12(13-8-5-10-16-13)14-11(2)7-4-9-15/h5,8,10-12,14-15H,3-4,6-7,9H2,1-2H3. The van der Waals surface area contributed by atoms with Crippen LogP contribution in [0.3, 0.4) is 0 Å². The van der Waals surface area contributed by atoms with Crippen LogP contribution in [0.4, 0.5) is 0 Å². The van der Waals surface area contributed by atoms with Crippen LogP contribution in [-0.2, 0) is 0 Å². The highest BCUT2D eigenvalue weighted by Gasteiger charge is 2.13. The van der Waals surface area contributed by atoms with Crippen LogP contribution >= 0.6 is 11.3 Å². The molecular weight excluding hydrogens is 218 g/mol. The number of aliphatic hydroxyl groups excluding tert-OH is 1. The molecule has 0 spiro atoms. The Kier molecular flexibility index (Phi) is 6.69. The molecule has 16 heavy (non-hydrogen) atoms. The average Bonchev–Trinajstić information content (AvgIpc) is 2.79. The van der Waals surface area contributed by atoms with Crippen molar-refractivity contribution in [1.82, 2.24) is 5.32 Å². The first kappa shape index (κ1) is 13.7. The van der Waals surface area contributed by atoms with Crippen LogP contribution in [0, 0.1) is 0 Å². The molecule has 0 aliphatic carbocycles. The van der Waals surface area contributed by atoms with Gasteiger partial charge >= 0.3 is 0 Å². The normalized spacial score (nSPS) is 14.9. The SMILES string of the molecule is CCCC(NC(C)CCCO)c1cccs1. The van der Waals surface area contributed by atoms with E-state index in [0.717, 1.165) is 12.8 Å². The van der Waals surface area contributed by atoms with Crippen molar-refractivity contribution in [2.45, 2.75) is 51.6 Å². The lowest BCUT2D eigenvalue weighted by Crippen LogP contribution is -2.30. The summed E-state index contributed by atoms with van der Waals surface area (Å²) in [6.45, 7) is 4.72. The van der Waals surface area contributed by atoms with E-state index in [1.807, 2.05) is 11.3 Å². The number of aliphatic hydroxyl groups is 1. The van der Waals surface area contributed by atoms with Gasteiger partial charge in [0, 0.05) is 23.6 Å². The Morgan fingerprint density at radius 1 is 1.44 bits per heavy atom. The molecule has 2 atom stereocenters. The lowest BCUT2D eigenvalue weighted by Gasteiger charge is -2.22. The summed E-state index contributed by atoms with van der Waals surface area (Å²) in [5.41, 5.74) is 0. The fourth-order valence-corrected chi connectivity index (χ4v) is 2.73. The molecule has 2 nitrogen and oxygen atoms in total.